The van der Waals surface area contributed by atoms with E-state index in [2.05, 4.69) is 10.1 Å². The van der Waals surface area contributed by atoms with E-state index in [0.29, 0.717) is 37.8 Å². The molecular formula is C17H21N3O3. The first-order chi connectivity index (χ1) is 11.2. The van der Waals surface area contributed by atoms with Crippen LogP contribution < -0.4 is 0 Å². The lowest BCUT2D eigenvalue weighted by Gasteiger charge is -2.30. The van der Waals surface area contributed by atoms with Crippen LogP contribution in [0.3, 0.4) is 0 Å². The molecule has 6 heteroatoms. The van der Waals surface area contributed by atoms with Gasteiger partial charge in [0.25, 0.3) is 0 Å². The number of piperidine rings is 1. The minimum Gasteiger partial charge on any atom is -0.383 e. The topological polar surface area (TPSA) is 68.5 Å². The number of likely N-dealkylation sites (tertiary alicyclic amines) is 1. The number of carbonyl (C=O) groups excluding carboxylic acids is 1. The van der Waals surface area contributed by atoms with E-state index in [1.54, 1.807) is 7.11 Å². The van der Waals surface area contributed by atoms with Crippen LogP contribution in [-0.4, -0.2) is 47.8 Å². The highest BCUT2D eigenvalue weighted by atomic mass is 16.5. The predicted octanol–water partition coefficient (Wildman–Crippen LogP) is 2.40. The summed E-state index contributed by atoms with van der Waals surface area (Å²) >= 11 is 0. The van der Waals surface area contributed by atoms with Gasteiger partial charge in [-0.15, -0.1) is 0 Å². The van der Waals surface area contributed by atoms with Gasteiger partial charge < -0.3 is 14.2 Å². The van der Waals surface area contributed by atoms with Gasteiger partial charge in [-0.05, 0) is 18.9 Å². The Morgan fingerprint density at radius 1 is 1.39 bits per heavy atom. The van der Waals surface area contributed by atoms with Gasteiger partial charge in [0.15, 0.2) is 0 Å². The van der Waals surface area contributed by atoms with E-state index in [9.17, 15) is 4.79 Å². The lowest BCUT2D eigenvalue weighted by molar-refractivity contribution is -0.134. The maximum Gasteiger partial charge on any atom is 0.231 e. The van der Waals surface area contributed by atoms with Crippen LogP contribution >= 0.6 is 0 Å². The lowest BCUT2D eigenvalue weighted by Crippen LogP contribution is -2.41. The number of nitrogens with zero attached hydrogens (tertiary/aromatic N) is 3. The Hall–Kier alpha value is -2.21. The fourth-order valence-electron chi connectivity index (χ4n) is 2.87. The molecule has 23 heavy (non-hydrogen) atoms. The van der Waals surface area contributed by atoms with Crippen LogP contribution in [0.15, 0.2) is 28.8 Å². The Balaban J connectivity index is 1.75. The number of amides is 1. The van der Waals surface area contributed by atoms with Crippen LogP contribution in [0.2, 0.25) is 0 Å². The number of ether oxygens (including phenoxy) is 1. The maximum atomic E-state index is 12.0. The van der Waals surface area contributed by atoms with E-state index >= 15 is 0 Å². The second kappa shape index (κ2) is 6.91. The number of hydrogen-bond donors (Lipinski definition) is 0. The maximum absolute atomic E-state index is 12.0. The Morgan fingerprint density at radius 2 is 2.22 bits per heavy atom. The highest BCUT2D eigenvalue weighted by molar-refractivity contribution is 5.77. The summed E-state index contributed by atoms with van der Waals surface area (Å²) in [7, 11) is 1.64. The molecule has 1 fully saturated rings. The average Bonchev–Trinajstić information content (AvgIpc) is 3.04. The Bertz CT molecular complexity index is 683. The second-order valence-electron chi connectivity index (χ2n) is 5.84. The zero-order valence-corrected chi connectivity index (χ0v) is 13.5. The fourth-order valence-corrected chi connectivity index (χ4v) is 2.87. The van der Waals surface area contributed by atoms with E-state index in [1.165, 1.54) is 0 Å². The van der Waals surface area contributed by atoms with Crippen molar-refractivity contribution in [2.24, 2.45) is 0 Å². The minimum atomic E-state index is 0.0924. The molecular weight excluding hydrogens is 294 g/mol. The van der Waals surface area contributed by atoms with Gasteiger partial charge in [0.1, 0.15) is 0 Å². The van der Waals surface area contributed by atoms with E-state index < -0.39 is 0 Å². The molecule has 1 aromatic heterocycles. The quantitative estimate of drug-likeness (QED) is 0.847. The summed E-state index contributed by atoms with van der Waals surface area (Å²) in [4.78, 5) is 18.3. The Kier molecular flexibility index (Phi) is 4.71. The van der Waals surface area contributed by atoms with Gasteiger partial charge in [0.05, 0.1) is 12.5 Å². The average molecular weight is 315 g/mol. The molecule has 122 valence electrons. The molecule has 0 radical (unpaired) electrons. The number of benzene rings is 1. The summed E-state index contributed by atoms with van der Waals surface area (Å²) in [6.45, 7) is 3.77. The van der Waals surface area contributed by atoms with Gasteiger partial charge in [-0.1, -0.05) is 29.4 Å². The first-order valence-corrected chi connectivity index (χ1v) is 7.85. The van der Waals surface area contributed by atoms with Crippen LogP contribution in [0.4, 0.5) is 0 Å². The molecule has 1 atom stereocenters. The number of hydrogen-bond acceptors (Lipinski definition) is 5. The summed E-state index contributed by atoms with van der Waals surface area (Å²) < 4.78 is 10.5. The van der Waals surface area contributed by atoms with Crippen molar-refractivity contribution in [1.82, 2.24) is 15.0 Å². The minimum absolute atomic E-state index is 0.0924. The summed E-state index contributed by atoms with van der Waals surface area (Å²) in [6, 6.07) is 7.96. The van der Waals surface area contributed by atoms with Gasteiger partial charge in [-0.25, -0.2) is 0 Å². The molecule has 1 aliphatic rings. The second-order valence-corrected chi connectivity index (χ2v) is 5.84. The molecule has 0 aliphatic carbocycles. The lowest BCUT2D eigenvalue weighted by atomic mass is 9.97. The first-order valence-electron chi connectivity index (χ1n) is 7.85. The standard InChI is InChI=1S/C17H21N3O3/c1-12-5-3-4-6-14(12)16-18-17(23-19-16)13-7-8-15(21)20(11-13)9-10-22-2/h3-6,13H,7-11H2,1-2H3/t13-/m1/s1. The molecule has 1 amide bonds. The van der Waals surface area contributed by atoms with Crippen LogP contribution in [0.25, 0.3) is 11.4 Å². The highest BCUT2D eigenvalue weighted by Crippen LogP contribution is 2.28. The zero-order chi connectivity index (χ0) is 16.2. The van der Waals surface area contributed by atoms with Crippen molar-refractivity contribution in [2.75, 3.05) is 26.8 Å². The van der Waals surface area contributed by atoms with Crippen molar-refractivity contribution >= 4 is 5.91 Å². The third-order valence-electron chi connectivity index (χ3n) is 4.24. The molecule has 0 unspecified atom stereocenters. The van der Waals surface area contributed by atoms with E-state index in [4.69, 9.17) is 9.26 Å². The molecule has 1 aromatic carbocycles. The number of methoxy groups -OCH3 is 1. The van der Waals surface area contributed by atoms with Crippen LogP contribution in [-0.2, 0) is 9.53 Å². The zero-order valence-electron chi connectivity index (χ0n) is 13.5. The van der Waals surface area contributed by atoms with Gasteiger partial charge in [0, 0.05) is 32.2 Å². The number of rotatable bonds is 5. The Morgan fingerprint density at radius 3 is 3.00 bits per heavy atom. The Labute approximate surface area is 135 Å². The highest BCUT2D eigenvalue weighted by Gasteiger charge is 2.30. The van der Waals surface area contributed by atoms with Crippen molar-refractivity contribution < 1.29 is 14.1 Å². The largest absolute Gasteiger partial charge is 0.383 e. The fraction of sp³-hybridized carbons (Fsp3) is 0.471. The van der Waals surface area contributed by atoms with Crippen molar-refractivity contribution in [2.45, 2.75) is 25.7 Å². The third kappa shape index (κ3) is 3.42. The molecule has 0 saturated carbocycles. The molecule has 2 aromatic rings. The van der Waals surface area contributed by atoms with Crippen molar-refractivity contribution in [3.8, 4) is 11.4 Å². The summed E-state index contributed by atoms with van der Waals surface area (Å²) in [5, 5.41) is 4.11. The summed E-state index contributed by atoms with van der Waals surface area (Å²) in [5.41, 5.74) is 2.09. The molecule has 3 rings (SSSR count). The van der Waals surface area contributed by atoms with E-state index in [-0.39, 0.29) is 11.8 Å². The normalized spacial score (nSPS) is 18.4. The SMILES string of the molecule is COCCN1C[C@H](c2nc(-c3ccccc3C)no2)CCC1=O. The van der Waals surface area contributed by atoms with E-state index in [0.717, 1.165) is 17.5 Å². The van der Waals surface area contributed by atoms with Gasteiger partial charge >= 0.3 is 0 Å². The van der Waals surface area contributed by atoms with Crippen LogP contribution in [0.1, 0.15) is 30.2 Å². The first kappa shape index (κ1) is 15.7. The van der Waals surface area contributed by atoms with Crippen molar-refractivity contribution in [3.63, 3.8) is 0 Å². The molecule has 1 saturated heterocycles. The van der Waals surface area contributed by atoms with Gasteiger partial charge in [-0.2, -0.15) is 4.98 Å². The van der Waals surface area contributed by atoms with Gasteiger partial charge in [0.2, 0.25) is 17.6 Å². The molecule has 0 bridgehead atoms. The number of carbonyl (C=O) groups is 1. The van der Waals surface area contributed by atoms with Crippen LogP contribution in [0, 0.1) is 6.92 Å². The third-order valence-corrected chi connectivity index (χ3v) is 4.24. The smallest absolute Gasteiger partial charge is 0.231 e. The molecule has 2 heterocycles. The molecule has 0 N–H and O–H groups in total. The monoisotopic (exact) mass is 315 g/mol. The number of aryl methyl sites for hydroxylation is 1. The van der Waals surface area contributed by atoms with Crippen molar-refractivity contribution in [1.29, 1.82) is 0 Å². The molecule has 6 nitrogen and oxygen atoms in total. The predicted molar refractivity (Wildman–Crippen MR) is 84.9 cm³/mol. The van der Waals surface area contributed by atoms with E-state index in [1.807, 2.05) is 36.1 Å². The van der Waals surface area contributed by atoms with Gasteiger partial charge in [-0.3, -0.25) is 4.79 Å². The molecule has 1 aliphatic heterocycles. The summed E-state index contributed by atoms with van der Waals surface area (Å²) in [6.07, 6.45) is 1.26. The molecule has 0 spiro atoms. The van der Waals surface area contributed by atoms with Crippen LogP contribution in [0.5, 0.6) is 0 Å². The summed E-state index contributed by atoms with van der Waals surface area (Å²) in [5.74, 6) is 1.48. The van der Waals surface area contributed by atoms with Crippen molar-refractivity contribution in [3.05, 3.63) is 35.7 Å². The number of aromatic nitrogens is 2.